The average Bonchev–Trinajstić information content (AvgIpc) is 2.40. The van der Waals surface area contributed by atoms with Crippen LogP contribution in [-0.2, 0) is 0 Å². The van der Waals surface area contributed by atoms with Crippen molar-refractivity contribution in [2.75, 3.05) is 13.2 Å². The zero-order valence-corrected chi connectivity index (χ0v) is 11.3. The lowest BCUT2D eigenvalue weighted by Crippen LogP contribution is -2.03. The predicted molar refractivity (Wildman–Crippen MR) is 72.6 cm³/mol. The normalized spacial score (nSPS) is 10.1. The Bertz CT molecular complexity index is 361. The minimum atomic E-state index is 0.552. The van der Waals surface area contributed by atoms with Gasteiger partial charge in [0.1, 0.15) is 0 Å². The summed E-state index contributed by atoms with van der Waals surface area (Å²) in [7, 11) is 0. The fourth-order valence-corrected chi connectivity index (χ4v) is 1.75. The molecule has 0 saturated carbocycles. The number of hydrogen-bond donors (Lipinski definition) is 0. The average molecular weight is 250 g/mol. The van der Waals surface area contributed by atoms with Gasteiger partial charge in [0.25, 0.3) is 0 Å². The number of unbranched alkanes of at least 4 members (excludes halogenated alkanes) is 3. The molecule has 0 saturated heterocycles. The fraction of sp³-hybridized carbons (Fsp3) is 0.533. The van der Waals surface area contributed by atoms with E-state index >= 15 is 0 Å². The van der Waals surface area contributed by atoms with Crippen molar-refractivity contribution in [1.29, 1.82) is 0 Å². The van der Waals surface area contributed by atoms with Gasteiger partial charge >= 0.3 is 0 Å². The molecule has 0 bridgehead atoms. The number of hydrogen-bond acceptors (Lipinski definition) is 3. The lowest BCUT2D eigenvalue weighted by molar-refractivity contribution is 0.111. The highest BCUT2D eigenvalue weighted by molar-refractivity contribution is 5.81. The van der Waals surface area contributed by atoms with E-state index in [9.17, 15) is 4.79 Å². The Kier molecular flexibility index (Phi) is 6.92. The van der Waals surface area contributed by atoms with E-state index in [1.807, 2.05) is 13.0 Å². The summed E-state index contributed by atoms with van der Waals surface area (Å²) in [6, 6.07) is 5.38. The quantitative estimate of drug-likeness (QED) is 0.493. The molecule has 0 amide bonds. The molecule has 0 unspecified atom stereocenters. The van der Waals surface area contributed by atoms with E-state index in [2.05, 4.69) is 6.92 Å². The SMILES string of the molecule is CCCCCCOc1c(C=O)cccc1OCC. The van der Waals surface area contributed by atoms with Gasteiger partial charge in [0.15, 0.2) is 17.8 Å². The van der Waals surface area contributed by atoms with Crippen LogP contribution in [0, 0.1) is 0 Å². The van der Waals surface area contributed by atoms with Crippen molar-refractivity contribution in [3.05, 3.63) is 23.8 Å². The molecule has 0 atom stereocenters. The molecule has 0 spiro atoms. The number of carbonyl (C=O) groups is 1. The first-order valence-corrected chi connectivity index (χ1v) is 6.67. The number of para-hydroxylation sites is 1. The Morgan fingerprint density at radius 1 is 1.11 bits per heavy atom. The molecule has 0 aliphatic carbocycles. The highest BCUT2D eigenvalue weighted by atomic mass is 16.5. The van der Waals surface area contributed by atoms with Crippen LogP contribution in [0.15, 0.2) is 18.2 Å². The third-order valence-corrected chi connectivity index (χ3v) is 2.68. The third kappa shape index (κ3) is 4.40. The maximum absolute atomic E-state index is 11.0. The lowest BCUT2D eigenvalue weighted by Gasteiger charge is -2.13. The Morgan fingerprint density at radius 3 is 2.61 bits per heavy atom. The van der Waals surface area contributed by atoms with E-state index in [1.54, 1.807) is 12.1 Å². The summed E-state index contributed by atoms with van der Waals surface area (Å²) in [5.41, 5.74) is 0.552. The zero-order valence-electron chi connectivity index (χ0n) is 11.3. The van der Waals surface area contributed by atoms with Gasteiger partial charge < -0.3 is 9.47 Å². The standard InChI is InChI=1S/C15H22O3/c1-3-5-6-7-11-18-15-13(12-16)9-8-10-14(15)17-4-2/h8-10,12H,3-7,11H2,1-2H3. The summed E-state index contributed by atoms with van der Waals surface area (Å²) in [6.45, 7) is 5.29. The lowest BCUT2D eigenvalue weighted by atomic mass is 10.2. The van der Waals surface area contributed by atoms with Crippen LogP contribution in [-0.4, -0.2) is 19.5 Å². The Morgan fingerprint density at radius 2 is 1.94 bits per heavy atom. The molecule has 0 N–H and O–H groups in total. The summed E-state index contributed by atoms with van der Waals surface area (Å²) in [4.78, 5) is 11.0. The van der Waals surface area contributed by atoms with Crippen LogP contribution < -0.4 is 9.47 Å². The van der Waals surface area contributed by atoms with Crippen LogP contribution in [0.1, 0.15) is 49.9 Å². The zero-order chi connectivity index (χ0) is 13.2. The number of carbonyl (C=O) groups excluding carboxylic acids is 1. The van der Waals surface area contributed by atoms with Crippen LogP contribution >= 0.6 is 0 Å². The molecule has 1 aromatic carbocycles. The van der Waals surface area contributed by atoms with Gasteiger partial charge in [0, 0.05) is 0 Å². The Labute approximate surface area is 109 Å². The largest absolute Gasteiger partial charge is 0.490 e. The maximum atomic E-state index is 11.0. The minimum Gasteiger partial charge on any atom is -0.490 e. The van der Waals surface area contributed by atoms with Gasteiger partial charge in [-0.3, -0.25) is 4.79 Å². The summed E-state index contributed by atoms with van der Waals surface area (Å²) >= 11 is 0. The third-order valence-electron chi connectivity index (χ3n) is 2.68. The molecule has 1 rings (SSSR count). The molecule has 3 heteroatoms. The van der Waals surface area contributed by atoms with E-state index in [0.717, 1.165) is 19.1 Å². The van der Waals surface area contributed by atoms with Gasteiger partial charge in [0.2, 0.25) is 0 Å². The molecule has 0 fully saturated rings. The molecule has 18 heavy (non-hydrogen) atoms. The first-order valence-electron chi connectivity index (χ1n) is 6.67. The van der Waals surface area contributed by atoms with Crippen LogP contribution in [0.4, 0.5) is 0 Å². The minimum absolute atomic E-state index is 0.552. The second kappa shape index (κ2) is 8.56. The summed E-state index contributed by atoms with van der Waals surface area (Å²) in [5.74, 6) is 1.23. The van der Waals surface area contributed by atoms with Crippen LogP contribution in [0.25, 0.3) is 0 Å². The van der Waals surface area contributed by atoms with Crippen molar-refractivity contribution in [2.24, 2.45) is 0 Å². The van der Waals surface area contributed by atoms with Crippen molar-refractivity contribution in [2.45, 2.75) is 39.5 Å². The molecule has 1 aromatic rings. The highest BCUT2D eigenvalue weighted by Gasteiger charge is 2.10. The van der Waals surface area contributed by atoms with Crippen LogP contribution in [0.2, 0.25) is 0 Å². The molecule has 0 aliphatic heterocycles. The second-order valence-electron chi connectivity index (χ2n) is 4.13. The summed E-state index contributed by atoms with van der Waals surface area (Å²) in [6.07, 6.45) is 5.40. The molecule has 100 valence electrons. The summed E-state index contributed by atoms with van der Waals surface area (Å²) < 4.78 is 11.2. The Hall–Kier alpha value is -1.51. The van der Waals surface area contributed by atoms with E-state index in [0.29, 0.717) is 30.3 Å². The van der Waals surface area contributed by atoms with Crippen molar-refractivity contribution in [3.63, 3.8) is 0 Å². The van der Waals surface area contributed by atoms with Gasteiger partial charge in [-0.2, -0.15) is 0 Å². The Balaban J connectivity index is 2.62. The van der Waals surface area contributed by atoms with Crippen LogP contribution in [0.5, 0.6) is 11.5 Å². The van der Waals surface area contributed by atoms with Gasteiger partial charge in [-0.05, 0) is 25.5 Å². The van der Waals surface area contributed by atoms with Gasteiger partial charge in [-0.15, -0.1) is 0 Å². The molecular weight excluding hydrogens is 228 g/mol. The summed E-state index contributed by atoms with van der Waals surface area (Å²) in [5, 5.41) is 0. The number of ether oxygens (including phenoxy) is 2. The molecular formula is C15H22O3. The number of rotatable bonds is 9. The van der Waals surface area contributed by atoms with Gasteiger partial charge in [-0.1, -0.05) is 32.3 Å². The molecule has 0 aliphatic rings. The van der Waals surface area contributed by atoms with E-state index in [1.165, 1.54) is 12.8 Å². The van der Waals surface area contributed by atoms with Crippen molar-refractivity contribution in [3.8, 4) is 11.5 Å². The monoisotopic (exact) mass is 250 g/mol. The predicted octanol–water partition coefficient (Wildman–Crippen LogP) is 3.86. The fourth-order valence-electron chi connectivity index (χ4n) is 1.75. The number of aldehydes is 1. The highest BCUT2D eigenvalue weighted by Crippen LogP contribution is 2.30. The molecule has 0 radical (unpaired) electrons. The van der Waals surface area contributed by atoms with Crippen LogP contribution in [0.3, 0.4) is 0 Å². The van der Waals surface area contributed by atoms with E-state index < -0.39 is 0 Å². The molecule has 0 heterocycles. The van der Waals surface area contributed by atoms with Gasteiger partial charge in [0.05, 0.1) is 18.8 Å². The smallest absolute Gasteiger partial charge is 0.171 e. The van der Waals surface area contributed by atoms with Crippen molar-refractivity contribution >= 4 is 6.29 Å². The van der Waals surface area contributed by atoms with E-state index in [4.69, 9.17) is 9.47 Å². The molecule has 3 nitrogen and oxygen atoms in total. The van der Waals surface area contributed by atoms with Crippen molar-refractivity contribution < 1.29 is 14.3 Å². The first kappa shape index (κ1) is 14.6. The second-order valence-corrected chi connectivity index (χ2v) is 4.13. The van der Waals surface area contributed by atoms with Crippen molar-refractivity contribution in [1.82, 2.24) is 0 Å². The van der Waals surface area contributed by atoms with Gasteiger partial charge in [-0.25, -0.2) is 0 Å². The molecule has 0 aromatic heterocycles. The topological polar surface area (TPSA) is 35.5 Å². The maximum Gasteiger partial charge on any atom is 0.171 e. The van der Waals surface area contributed by atoms with E-state index in [-0.39, 0.29) is 0 Å². The first-order chi connectivity index (χ1) is 8.83. The number of benzene rings is 1.